The van der Waals surface area contributed by atoms with Crippen LogP contribution in [-0.2, 0) is 19.2 Å². The summed E-state index contributed by atoms with van der Waals surface area (Å²) in [5, 5.41) is 5.95. The van der Waals surface area contributed by atoms with Gasteiger partial charge in [0.05, 0.1) is 6.20 Å². The van der Waals surface area contributed by atoms with Gasteiger partial charge in [0.25, 0.3) is 0 Å². The van der Waals surface area contributed by atoms with Gasteiger partial charge in [0, 0.05) is 46.4 Å². The molecule has 2 unspecified atom stereocenters. The van der Waals surface area contributed by atoms with Crippen molar-refractivity contribution in [2.75, 3.05) is 23.7 Å². The third kappa shape index (κ3) is 5.74. The van der Waals surface area contributed by atoms with E-state index in [1.165, 1.54) is 0 Å². The zero-order valence-corrected chi connectivity index (χ0v) is 25.8. The number of nitrogens with zero attached hydrogens (tertiary/aromatic N) is 3. The Hall–Kier alpha value is -4.47. The average Bonchev–Trinajstić information content (AvgIpc) is 3.68. The SMILES string of the molecule is CC1(C(=O)N2CCCC2C(=O)Nc2ccc(-c3cnc(-c4ccc(NC(=O)C5CCCN5C(=O)C5(C)CC5)cc4)o3)cc2)CC1. The summed E-state index contributed by atoms with van der Waals surface area (Å²) in [5.41, 5.74) is 2.31. The molecule has 4 fully saturated rings. The molecule has 234 valence electrons. The Kier molecular flexibility index (Phi) is 7.25. The first-order valence-electron chi connectivity index (χ1n) is 16.0. The minimum atomic E-state index is -0.430. The third-order valence-electron chi connectivity index (χ3n) is 10.0. The number of oxazole rings is 1. The van der Waals surface area contributed by atoms with Crippen molar-refractivity contribution in [3.63, 3.8) is 0 Å². The van der Waals surface area contributed by atoms with Crippen molar-refractivity contribution in [3.05, 3.63) is 54.7 Å². The van der Waals surface area contributed by atoms with Crippen molar-refractivity contribution in [2.45, 2.75) is 77.3 Å². The number of likely N-dealkylation sites (tertiary alicyclic amines) is 2. The van der Waals surface area contributed by atoms with Gasteiger partial charge < -0.3 is 24.9 Å². The van der Waals surface area contributed by atoms with E-state index in [2.05, 4.69) is 15.6 Å². The largest absolute Gasteiger partial charge is 0.436 e. The maximum Gasteiger partial charge on any atom is 0.247 e. The third-order valence-corrected chi connectivity index (χ3v) is 10.0. The van der Waals surface area contributed by atoms with Crippen molar-refractivity contribution < 1.29 is 23.6 Å². The van der Waals surface area contributed by atoms with Crippen LogP contribution in [0, 0.1) is 10.8 Å². The molecular weight excluding hydrogens is 570 g/mol. The molecule has 2 saturated heterocycles. The second-order valence-corrected chi connectivity index (χ2v) is 13.6. The predicted molar refractivity (Wildman–Crippen MR) is 169 cm³/mol. The number of carbonyl (C=O) groups excluding carboxylic acids is 4. The van der Waals surface area contributed by atoms with Crippen molar-refractivity contribution in [1.82, 2.24) is 14.8 Å². The maximum atomic E-state index is 13.0. The second-order valence-electron chi connectivity index (χ2n) is 13.6. The molecule has 4 amide bonds. The molecule has 7 rings (SSSR count). The van der Waals surface area contributed by atoms with Gasteiger partial charge >= 0.3 is 0 Å². The van der Waals surface area contributed by atoms with Crippen LogP contribution in [0.25, 0.3) is 22.8 Å². The minimum Gasteiger partial charge on any atom is -0.436 e. The lowest BCUT2D eigenvalue weighted by atomic mass is 10.1. The van der Waals surface area contributed by atoms with E-state index in [4.69, 9.17) is 4.42 Å². The highest BCUT2D eigenvalue weighted by Gasteiger charge is 2.51. The van der Waals surface area contributed by atoms with Gasteiger partial charge in [-0.1, -0.05) is 13.8 Å². The molecule has 0 radical (unpaired) electrons. The van der Waals surface area contributed by atoms with Gasteiger partial charge in [-0.2, -0.15) is 0 Å². The molecule has 4 aliphatic rings. The number of anilines is 2. The number of aromatic nitrogens is 1. The molecule has 2 N–H and O–H groups in total. The molecule has 2 aliphatic carbocycles. The Labute approximate surface area is 262 Å². The normalized spacial score (nSPS) is 22.6. The number of amides is 4. The number of nitrogens with one attached hydrogen (secondary N) is 2. The Morgan fingerprint density at radius 1 is 0.711 bits per heavy atom. The number of hydrogen-bond acceptors (Lipinski definition) is 6. The first-order chi connectivity index (χ1) is 21.6. The smallest absolute Gasteiger partial charge is 0.247 e. The fourth-order valence-electron chi connectivity index (χ4n) is 6.47. The average molecular weight is 610 g/mol. The zero-order chi connectivity index (χ0) is 31.3. The molecule has 2 aliphatic heterocycles. The first kappa shape index (κ1) is 29.3. The molecule has 10 heteroatoms. The standard InChI is InChI=1S/C35H39N5O5/c1-34(15-16-34)32(43)39-19-3-5-26(39)29(41)37-24-11-7-22(8-12-24)28-21-36-31(45-28)23-9-13-25(14-10-23)38-30(42)27-6-4-20-40(27)33(44)35(2)17-18-35/h7-14,21,26-27H,3-6,15-20H2,1-2H3,(H,37,41)(H,38,42). The Morgan fingerprint density at radius 2 is 1.16 bits per heavy atom. The maximum absolute atomic E-state index is 13.0. The summed E-state index contributed by atoms with van der Waals surface area (Å²) in [6, 6.07) is 13.8. The van der Waals surface area contributed by atoms with Crippen LogP contribution in [0.15, 0.2) is 59.1 Å². The van der Waals surface area contributed by atoms with Gasteiger partial charge in [-0.3, -0.25) is 19.2 Å². The highest BCUT2D eigenvalue weighted by atomic mass is 16.4. The lowest BCUT2D eigenvalue weighted by Gasteiger charge is -2.26. The summed E-state index contributed by atoms with van der Waals surface area (Å²) >= 11 is 0. The molecule has 0 spiro atoms. The lowest BCUT2D eigenvalue weighted by Crippen LogP contribution is -2.45. The van der Waals surface area contributed by atoms with Crippen LogP contribution < -0.4 is 10.6 Å². The number of carbonyl (C=O) groups is 4. The summed E-state index contributed by atoms with van der Waals surface area (Å²) in [5.74, 6) is 0.921. The monoisotopic (exact) mass is 609 g/mol. The van der Waals surface area contributed by atoms with E-state index in [1.54, 1.807) is 16.0 Å². The molecule has 10 nitrogen and oxygen atoms in total. The van der Waals surface area contributed by atoms with Gasteiger partial charge in [-0.25, -0.2) is 4.98 Å². The Bertz CT molecular complexity index is 1520. The molecule has 3 heterocycles. The summed E-state index contributed by atoms with van der Waals surface area (Å²) in [7, 11) is 0. The van der Waals surface area contributed by atoms with E-state index < -0.39 is 12.1 Å². The van der Waals surface area contributed by atoms with Crippen LogP contribution in [0.4, 0.5) is 11.4 Å². The fourth-order valence-corrected chi connectivity index (χ4v) is 6.47. The van der Waals surface area contributed by atoms with Gasteiger partial charge in [0.15, 0.2) is 5.76 Å². The van der Waals surface area contributed by atoms with Crippen molar-refractivity contribution in [2.24, 2.45) is 10.8 Å². The van der Waals surface area contributed by atoms with Crippen LogP contribution >= 0.6 is 0 Å². The van der Waals surface area contributed by atoms with E-state index in [0.29, 0.717) is 49.0 Å². The van der Waals surface area contributed by atoms with E-state index in [-0.39, 0.29) is 34.5 Å². The number of rotatable bonds is 8. The number of benzene rings is 2. The summed E-state index contributed by atoms with van der Waals surface area (Å²) in [6.07, 6.45) is 8.28. The highest BCUT2D eigenvalue weighted by Crippen LogP contribution is 2.48. The molecule has 2 saturated carbocycles. The molecule has 2 atom stereocenters. The van der Waals surface area contributed by atoms with E-state index in [1.807, 2.05) is 62.4 Å². The molecule has 3 aromatic rings. The van der Waals surface area contributed by atoms with E-state index in [0.717, 1.165) is 49.7 Å². The van der Waals surface area contributed by atoms with Crippen LogP contribution in [0.1, 0.15) is 65.2 Å². The van der Waals surface area contributed by atoms with Crippen LogP contribution in [0.5, 0.6) is 0 Å². The highest BCUT2D eigenvalue weighted by molar-refractivity contribution is 5.99. The molecule has 45 heavy (non-hydrogen) atoms. The lowest BCUT2D eigenvalue weighted by molar-refractivity contribution is -0.141. The topological polar surface area (TPSA) is 125 Å². The van der Waals surface area contributed by atoms with Crippen molar-refractivity contribution in [3.8, 4) is 22.8 Å². The fraction of sp³-hybridized carbons (Fsp3) is 0.457. The molecule has 0 bridgehead atoms. The number of hydrogen-bond donors (Lipinski definition) is 2. The quantitative estimate of drug-likeness (QED) is 0.349. The summed E-state index contributed by atoms with van der Waals surface area (Å²) < 4.78 is 6.04. The van der Waals surface area contributed by atoms with E-state index in [9.17, 15) is 19.2 Å². The van der Waals surface area contributed by atoms with Gasteiger partial charge in [-0.05, 0) is 99.9 Å². The molecule has 2 aromatic carbocycles. The van der Waals surface area contributed by atoms with Crippen LogP contribution in [-0.4, -0.2) is 63.6 Å². The van der Waals surface area contributed by atoms with Gasteiger partial charge in [-0.15, -0.1) is 0 Å². The summed E-state index contributed by atoms with van der Waals surface area (Å²) in [6.45, 7) is 5.24. The van der Waals surface area contributed by atoms with Crippen LogP contribution in [0.2, 0.25) is 0 Å². The van der Waals surface area contributed by atoms with Crippen LogP contribution in [0.3, 0.4) is 0 Å². The Balaban J connectivity index is 0.953. The van der Waals surface area contributed by atoms with Crippen molar-refractivity contribution >= 4 is 35.0 Å². The summed E-state index contributed by atoms with van der Waals surface area (Å²) in [4.78, 5) is 59.8. The second kappa shape index (κ2) is 11.2. The minimum absolute atomic E-state index is 0.0985. The van der Waals surface area contributed by atoms with Crippen molar-refractivity contribution in [1.29, 1.82) is 0 Å². The molecular formula is C35H39N5O5. The molecule has 1 aromatic heterocycles. The predicted octanol–water partition coefficient (Wildman–Crippen LogP) is 5.47. The Morgan fingerprint density at radius 3 is 1.60 bits per heavy atom. The first-order valence-corrected chi connectivity index (χ1v) is 16.0. The van der Waals surface area contributed by atoms with Gasteiger partial charge in [0.1, 0.15) is 12.1 Å². The van der Waals surface area contributed by atoms with Gasteiger partial charge in [0.2, 0.25) is 29.5 Å². The van der Waals surface area contributed by atoms with E-state index >= 15 is 0 Å². The zero-order valence-electron chi connectivity index (χ0n) is 25.8.